The average molecular weight is 542 g/mol. The molecular formula is C28H27N7O3S. The molecule has 0 bridgehead atoms. The van der Waals surface area contributed by atoms with Gasteiger partial charge < -0.3 is 26.0 Å². The third-order valence-electron chi connectivity index (χ3n) is 6.31. The first kappa shape index (κ1) is 25.9. The van der Waals surface area contributed by atoms with E-state index in [4.69, 9.17) is 11.5 Å². The number of amides is 2. The van der Waals surface area contributed by atoms with E-state index in [0.29, 0.717) is 22.2 Å². The van der Waals surface area contributed by atoms with Crippen molar-refractivity contribution in [2.45, 2.75) is 19.2 Å². The van der Waals surface area contributed by atoms with E-state index in [1.54, 1.807) is 34.8 Å². The average Bonchev–Trinajstić information content (AvgIpc) is 3.56. The number of thiophene rings is 1. The van der Waals surface area contributed by atoms with Crippen LogP contribution in [0.1, 0.15) is 27.9 Å². The molecule has 198 valence electrons. The molecule has 3 heterocycles. The van der Waals surface area contributed by atoms with Crippen molar-refractivity contribution in [2.75, 3.05) is 23.0 Å². The summed E-state index contributed by atoms with van der Waals surface area (Å²) in [6.07, 6.45) is 0.842. The molecule has 5 aromatic rings. The van der Waals surface area contributed by atoms with Gasteiger partial charge in [0, 0.05) is 42.3 Å². The number of hydrogen-bond acceptors (Lipinski definition) is 8. The second-order valence-electron chi connectivity index (χ2n) is 8.96. The minimum absolute atomic E-state index is 0.0787. The first-order valence-electron chi connectivity index (χ1n) is 12.2. The Morgan fingerprint density at radius 3 is 2.64 bits per heavy atom. The van der Waals surface area contributed by atoms with Crippen LogP contribution in [-0.4, -0.2) is 38.5 Å². The van der Waals surface area contributed by atoms with Crippen molar-refractivity contribution in [3.63, 3.8) is 0 Å². The van der Waals surface area contributed by atoms with E-state index >= 15 is 0 Å². The number of anilines is 3. The predicted molar refractivity (Wildman–Crippen MR) is 153 cm³/mol. The minimum atomic E-state index is -0.858. The molecule has 2 aromatic carbocycles. The number of rotatable bonds is 9. The molecule has 0 spiro atoms. The van der Waals surface area contributed by atoms with Crippen molar-refractivity contribution in [1.82, 2.24) is 14.5 Å². The molecule has 11 heteroatoms. The number of benzene rings is 2. The number of carbonyl (C=O) groups excluding carboxylic acids is 2. The Morgan fingerprint density at radius 2 is 1.90 bits per heavy atom. The van der Waals surface area contributed by atoms with E-state index in [1.807, 2.05) is 60.7 Å². The molecule has 0 aliphatic heterocycles. The molecule has 0 saturated heterocycles. The van der Waals surface area contributed by atoms with Crippen LogP contribution in [0.2, 0.25) is 0 Å². The lowest BCUT2D eigenvalue weighted by Crippen LogP contribution is -2.23. The third kappa shape index (κ3) is 5.59. The fourth-order valence-corrected chi connectivity index (χ4v) is 5.15. The number of aryl methyl sites for hydroxylation is 1. The van der Waals surface area contributed by atoms with Gasteiger partial charge in [-0.15, -0.1) is 11.3 Å². The van der Waals surface area contributed by atoms with Crippen molar-refractivity contribution in [1.29, 1.82) is 0 Å². The summed E-state index contributed by atoms with van der Waals surface area (Å²) in [6.45, 7) is 0.245. The van der Waals surface area contributed by atoms with Crippen LogP contribution in [0.5, 0.6) is 0 Å². The lowest BCUT2D eigenvalue weighted by Gasteiger charge is -2.26. The van der Waals surface area contributed by atoms with Gasteiger partial charge in [-0.1, -0.05) is 30.3 Å². The zero-order chi connectivity index (χ0) is 27.5. The van der Waals surface area contributed by atoms with E-state index in [-0.39, 0.29) is 18.9 Å². The minimum Gasteiger partial charge on any atom is -0.384 e. The van der Waals surface area contributed by atoms with Crippen LogP contribution in [0.15, 0.2) is 79.0 Å². The standard InChI is InChI=1S/C28H27N7O3S/c1-34(27(38)17-5-3-2-4-6-17)19-7-8-21-20(16-19)32-28(35(21)14-12-25(30)36)33-26(37)23-10-9-22(39-23)18-11-13-31-24(29)15-18/h2-11,13,15-16,27,38H,12,14H2,1H3,(H2,29,31)(H2,30,36)(H,32,33,37). The van der Waals surface area contributed by atoms with Crippen LogP contribution in [-0.2, 0) is 11.3 Å². The summed E-state index contributed by atoms with van der Waals surface area (Å²) in [5, 5.41) is 13.7. The summed E-state index contributed by atoms with van der Waals surface area (Å²) in [5.74, 6) is -0.101. The Labute approximate surface area is 228 Å². The molecule has 6 N–H and O–H groups in total. The van der Waals surface area contributed by atoms with Crippen LogP contribution >= 0.6 is 11.3 Å². The van der Waals surface area contributed by atoms with Crippen molar-refractivity contribution in [2.24, 2.45) is 5.73 Å². The molecular weight excluding hydrogens is 514 g/mol. The van der Waals surface area contributed by atoms with E-state index in [1.165, 1.54) is 11.3 Å². The number of nitrogen functional groups attached to an aromatic ring is 1. The number of aliphatic hydroxyl groups is 1. The molecule has 0 radical (unpaired) electrons. The number of aromatic nitrogens is 3. The summed E-state index contributed by atoms with van der Waals surface area (Å²) >= 11 is 1.32. The molecule has 2 amide bonds. The Bertz CT molecular complexity index is 1650. The quantitative estimate of drug-likeness (QED) is 0.206. The van der Waals surface area contributed by atoms with E-state index in [2.05, 4.69) is 15.3 Å². The number of aliphatic hydroxyl groups excluding tert-OH is 1. The van der Waals surface area contributed by atoms with Crippen LogP contribution in [0.4, 0.5) is 17.5 Å². The molecule has 39 heavy (non-hydrogen) atoms. The van der Waals surface area contributed by atoms with Gasteiger partial charge in [0.15, 0.2) is 6.23 Å². The fourth-order valence-electron chi connectivity index (χ4n) is 4.25. The number of fused-ring (bicyclic) bond motifs is 1. The Balaban J connectivity index is 1.44. The van der Waals surface area contributed by atoms with Gasteiger partial charge in [0.05, 0.1) is 15.9 Å². The van der Waals surface area contributed by atoms with E-state index in [0.717, 1.165) is 27.2 Å². The highest BCUT2D eigenvalue weighted by Gasteiger charge is 2.19. The van der Waals surface area contributed by atoms with Crippen molar-refractivity contribution in [3.8, 4) is 10.4 Å². The lowest BCUT2D eigenvalue weighted by molar-refractivity contribution is -0.118. The summed E-state index contributed by atoms with van der Waals surface area (Å²) in [5.41, 5.74) is 14.9. The molecule has 5 rings (SSSR count). The van der Waals surface area contributed by atoms with Crippen LogP contribution in [0.25, 0.3) is 21.5 Å². The maximum Gasteiger partial charge on any atom is 0.268 e. The Hall–Kier alpha value is -4.74. The highest BCUT2D eigenvalue weighted by molar-refractivity contribution is 7.17. The number of nitrogens with zero attached hydrogens (tertiary/aromatic N) is 4. The second kappa shape index (κ2) is 10.9. The molecule has 0 fully saturated rings. The largest absolute Gasteiger partial charge is 0.384 e. The van der Waals surface area contributed by atoms with Gasteiger partial charge >= 0.3 is 0 Å². The Morgan fingerprint density at radius 1 is 1.10 bits per heavy atom. The van der Waals surface area contributed by atoms with Crippen molar-refractivity contribution < 1.29 is 14.7 Å². The van der Waals surface area contributed by atoms with E-state index < -0.39 is 12.1 Å². The first-order valence-corrected chi connectivity index (χ1v) is 13.0. The molecule has 10 nitrogen and oxygen atoms in total. The molecule has 1 unspecified atom stereocenters. The van der Waals surface area contributed by atoms with Gasteiger partial charge in [0.1, 0.15) is 5.82 Å². The summed E-state index contributed by atoms with van der Waals surface area (Å²) in [4.78, 5) is 36.5. The number of nitrogens with one attached hydrogen (secondary N) is 1. The number of carbonyl (C=O) groups is 2. The fraction of sp³-hybridized carbons (Fsp3) is 0.143. The van der Waals surface area contributed by atoms with Gasteiger partial charge in [-0.2, -0.15) is 0 Å². The molecule has 0 aliphatic carbocycles. The topological polar surface area (TPSA) is 152 Å². The maximum absolute atomic E-state index is 13.2. The van der Waals surface area contributed by atoms with Gasteiger partial charge in [-0.3, -0.25) is 14.9 Å². The monoisotopic (exact) mass is 541 g/mol. The number of nitrogens with two attached hydrogens (primary N) is 2. The van der Waals surface area contributed by atoms with Gasteiger partial charge in [-0.05, 0) is 48.0 Å². The predicted octanol–water partition coefficient (Wildman–Crippen LogP) is 4.00. The summed E-state index contributed by atoms with van der Waals surface area (Å²) in [7, 11) is 1.79. The SMILES string of the molecule is CN(c1ccc2c(c1)nc(NC(=O)c1ccc(-c3ccnc(N)c3)s1)n2CCC(N)=O)C(O)c1ccccc1. The van der Waals surface area contributed by atoms with Crippen LogP contribution in [0, 0.1) is 0 Å². The normalized spacial score (nSPS) is 11.8. The smallest absolute Gasteiger partial charge is 0.268 e. The highest BCUT2D eigenvalue weighted by atomic mass is 32.1. The van der Waals surface area contributed by atoms with Crippen molar-refractivity contribution >= 4 is 51.6 Å². The van der Waals surface area contributed by atoms with Crippen LogP contribution < -0.4 is 21.7 Å². The molecule has 1 atom stereocenters. The highest BCUT2D eigenvalue weighted by Crippen LogP contribution is 2.31. The van der Waals surface area contributed by atoms with E-state index in [9.17, 15) is 14.7 Å². The lowest BCUT2D eigenvalue weighted by atomic mass is 10.1. The number of primary amides is 1. The summed E-state index contributed by atoms with van der Waals surface area (Å²) < 4.78 is 1.76. The second-order valence-corrected chi connectivity index (χ2v) is 10.0. The Kier molecular flexibility index (Phi) is 7.26. The first-order chi connectivity index (χ1) is 18.8. The molecule has 3 aromatic heterocycles. The number of pyridine rings is 1. The van der Waals surface area contributed by atoms with Gasteiger partial charge in [0.2, 0.25) is 11.9 Å². The number of imidazole rings is 1. The maximum atomic E-state index is 13.2. The van der Waals surface area contributed by atoms with Gasteiger partial charge in [0.25, 0.3) is 5.91 Å². The zero-order valence-corrected chi connectivity index (χ0v) is 21.9. The number of hydrogen-bond donors (Lipinski definition) is 4. The third-order valence-corrected chi connectivity index (χ3v) is 7.44. The molecule has 0 saturated carbocycles. The zero-order valence-electron chi connectivity index (χ0n) is 21.1. The van der Waals surface area contributed by atoms with Crippen LogP contribution in [0.3, 0.4) is 0 Å². The van der Waals surface area contributed by atoms with Crippen molar-refractivity contribution in [3.05, 3.63) is 89.4 Å². The summed E-state index contributed by atoms with van der Waals surface area (Å²) in [6, 6.07) is 22.0. The molecule has 0 aliphatic rings. The van der Waals surface area contributed by atoms with Gasteiger partial charge in [-0.25, -0.2) is 9.97 Å².